The van der Waals surface area contributed by atoms with Crippen molar-refractivity contribution in [3.63, 3.8) is 0 Å². The highest BCUT2D eigenvalue weighted by molar-refractivity contribution is 5.82. The van der Waals surface area contributed by atoms with Crippen molar-refractivity contribution < 1.29 is 9.53 Å². The lowest BCUT2D eigenvalue weighted by molar-refractivity contribution is -0.128. The summed E-state index contributed by atoms with van der Waals surface area (Å²) in [5.41, 5.74) is 0.976. The molecule has 144 valence electrons. The molecule has 6 nitrogen and oxygen atoms in total. The van der Waals surface area contributed by atoms with Crippen LogP contribution in [-0.4, -0.2) is 57.1 Å². The summed E-state index contributed by atoms with van der Waals surface area (Å²) in [6.07, 6.45) is 1.10. The zero-order chi connectivity index (χ0) is 19.2. The van der Waals surface area contributed by atoms with Gasteiger partial charge in [0.25, 0.3) is 0 Å². The second kappa shape index (κ2) is 8.92. The molecule has 1 heterocycles. The Kier molecular flexibility index (Phi) is 6.89. The van der Waals surface area contributed by atoms with Crippen LogP contribution in [0.4, 0.5) is 0 Å². The molecule has 1 aliphatic heterocycles. The van der Waals surface area contributed by atoms with Crippen molar-refractivity contribution in [3.8, 4) is 5.75 Å². The third-order valence-electron chi connectivity index (χ3n) is 4.66. The summed E-state index contributed by atoms with van der Waals surface area (Å²) in [5, 5.41) is 6.30. The Balaban J connectivity index is 1.81. The molecular formula is C20H32N4O2. The minimum Gasteiger partial charge on any atom is -0.497 e. The van der Waals surface area contributed by atoms with E-state index >= 15 is 0 Å². The van der Waals surface area contributed by atoms with Crippen LogP contribution < -0.4 is 15.4 Å². The number of nitrogens with one attached hydrogen (secondary N) is 2. The van der Waals surface area contributed by atoms with Gasteiger partial charge in [0.2, 0.25) is 5.91 Å². The summed E-state index contributed by atoms with van der Waals surface area (Å²) in [4.78, 5) is 18.6. The van der Waals surface area contributed by atoms with Crippen LogP contribution in [0.2, 0.25) is 0 Å². The molecule has 1 aromatic carbocycles. The van der Waals surface area contributed by atoms with Gasteiger partial charge in [-0.2, -0.15) is 0 Å². The van der Waals surface area contributed by atoms with Crippen molar-refractivity contribution >= 4 is 11.9 Å². The largest absolute Gasteiger partial charge is 0.497 e. The quantitative estimate of drug-likeness (QED) is 0.480. The fourth-order valence-corrected chi connectivity index (χ4v) is 3.05. The molecule has 0 aromatic heterocycles. The number of likely N-dealkylation sites (tertiary alicyclic amines) is 1. The van der Waals surface area contributed by atoms with Crippen LogP contribution in [0.15, 0.2) is 29.3 Å². The number of amides is 1. The van der Waals surface area contributed by atoms with E-state index in [-0.39, 0.29) is 11.3 Å². The second-order valence-electron chi connectivity index (χ2n) is 7.68. The summed E-state index contributed by atoms with van der Waals surface area (Å²) < 4.78 is 5.23. The van der Waals surface area contributed by atoms with Gasteiger partial charge < -0.3 is 20.3 Å². The van der Waals surface area contributed by atoms with E-state index in [1.807, 2.05) is 32.9 Å². The molecule has 26 heavy (non-hydrogen) atoms. The third kappa shape index (κ3) is 5.38. The lowest BCUT2D eigenvalue weighted by atomic mass is 9.96. The van der Waals surface area contributed by atoms with Crippen molar-refractivity contribution in [1.82, 2.24) is 15.5 Å². The van der Waals surface area contributed by atoms with Gasteiger partial charge in [0.1, 0.15) is 5.75 Å². The van der Waals surface area contributed by atoms with Crippen LogP contribution in [0.25, 0.3) is 0 Å². The molecule has 0 aliphatic carbocycles. The molecule has 1 aromatic rings. The Morgan fingerprint density at radius 3 is 2.46 bits per heavy atom. The maximum absolute atomic E-state index is 11.9. The van der Waals surface area contributed by atoms with Gasteiger partial charge >= 0.3 is 0 Å². The fourth-order valence-electron chi connectivity index (χ4n) is 3.05. The second-order valence-corrected chi connectivity index (χ2v) is 7.68. The van der Waals surface area contributed by atoms with E-state index in [2.05, 4.69) is 32.7 Å². The van der Waals surface area contributed by atoms with Gasteiger partial charge in [-0.15, -0.1) is 0 Å². The molecule has 0 saturated carbocycles. The van der Waals surface area contributed by atoms with Crippen molar-refractivity contribution in [1.29, 1.82) is 0 Å². The molecule has 2 rings (SSSR count). The molecule has 1 amide bonds. The standard InChI is InChI=1S/C20H32N4O2/c1-20(2,3)18(25)22-11-12-23-19(21-4)24-13-10-16(14-24)15-6-8-17(26-5)9-7-15/h6-9,16H,10-14H2,1-5H3,(H,21,23)(H,22,25). The Bertz CT molecular complexity index is 620. The normalized spacial score (nSPS) is 18.0. The van der Waals surface area contributed by atoms with E-state index in [4.69, 9.17) is 4.74 Å². The van der Waals surface area contributed by atoms with Crippen LogP contribution >= 0.6 is 0 Å². The minimum absolute atomic E-state index is 0.0648. The molecule has 1 aliphatic rings. The minimum atomic E-state index is -0.359. The SMILES string of the molecule is CN=C(NCCNC(=O)C(C)(C)C)N1CCC(c2ccc(OC)cc2)C1. The van der Waals surface area contributed by atoms with Crippen molar-refractivity contribution in [2.75, 3.05) is 40.3 Å². The fraction of sp³-hybridized carbons (Fsp3) is 0.600. The zero-order valence-corrected chi connectivity index (χ0v) is 16.6. The predicted octanol–water partition coefficient (Wildman–Crippen LogP) is 2.22. The first-order valence-electron chi connectivity index (χ1n) is 9.23. The molecule has 0 bridgehead atoms. The van der Waals surface area contributed by atoms with Crippen molar-refractivity contribution in [2.24, 2.45) is 10.4 Å². The van der Waals surface area contributed by atoms with Crippen molar-refractivity contribution in [3.05, 3.63) is 29.8 Å². The zero-order valence-electron chi connectivity index (χ0n) is 16.6. The van der Waals surface area contributed by atoms with Gasteiger partial charge in [-0.05, 0) is 24.1 Å². The predicted molar refractivity (Wildman–Crippen MR) is 106 cm³/mol. The van der Waals surface area contributed by atoms with Crippen LogP contribution in [-0.2, 0) is 4.79 Å². The molecule has 0 spiro atoms. The van der Waals surface area contributed by atoms with Crippen LogP contribution in [0, 0.1) is 5.41 Å². The smallest absolute Gasteiger partial charge is 0.225 e. The first kappa shape index (κ1) is 20.1. The van der Waals surface area contributed by atoms with Gasteiger partial charge in [0.15, 0.2) is 5.96 Å². The Morgan fingerprint density at radius 2 is 1.88 bits per heavy atom. The number of carbonyl (C=O) groups excluding carboxylic acids is 1. The average Bonchev–Trinajstić information content (AvgIpc) is 3.10. The van der Waals surface area contributed by atoms with E-state index in [0.717, 1.165) is 31.2 Å². The van der Waals surface area contributed by atoms with Gasteiger partial charge in [0, 0.05) is 44.6 Å². The molecule has 1 saturated heterocycles. The Morgan fingerprint density at radius 1 is 1.23 bits per heavy atom. The molecule has 0 radical (unpaired) electrons. The van der Waals surface area contributed by atoms with E-state index < -0.39 is 0 Å². The highest BCUT2D eigenvalue weighted by Crippen LogP contribution is 2.28. The summed E-state index contributed by atoms with van der Waals surface area (Å²) in [5.74, 6) is 2.35. The van der Waals surface area contributed by atoms with E-state index in [0.29, 0.717) is 19.0 Å². The average molecular weight is 361 g/mol. The summed E-state index contributed by atoms with van der Waals surface area (Å²) in [7, 11) is 3.49. The van der Waals surface area contributed by atoms with E-state index in [1.54, 1.807) is 14.2 Å². The summed E-state index contributed by atoms with van der Waals surface area (Å²) >= 11 is 0. The lowest BCUT2D eigenvalue weighted by Crippen LogP contribution is -2.44. The number of aliphatic imine (C=N–C) groups is 1. The first-order valence-corrected chi connectivity index (χ1v) is 9.23. The topological polar surface area (TPSA) is 66.0 Å². The highest BCUT2D eigenvalue weighted by atomic mass is 16.5. The van der Waals surface area contributed by atoms with Gasteiger partial charge in [-0.3, -0.25) is 9.79 Å². The number of benzene rings is 1. The summed E-state index contributed by atoms with van der Waals surface area (Å²) in [6.45, 7) is 8.92. The Hall–Kier alpha value is -2.24. The number of rotatable bonds is 5. The lowest BCUT2D eigenvalue weighted by Gasteiger charge is -2.22. The highest BCUT2D eigenvalue weighted by Gasteiger charge is 2.26. The number of nitrogens with zero attached hydrogens (tertiary/aromatic N) is 2. The molecule has 1 atom stereocenters. The van der Waals surface area contributed by atoms with Gasteiger partial charge in [-0.25, -0.2) is 0 Å². The van der Waals surface area contributed by atoms with Gasteiger partial charge in [0.05, 0.1) is 7.11 Å². The maximum Gasteiger partial charge on any atom is 0.225 e. The van der Waals surface area contributed by atoms with Crippen molar-refractivity contribution in [2.45, 2.75) is 33.1 Å². The number of carbonyl (C=O) groups is 1. The molecular weight excluding hydrogens is 328 g/mol. The summed E-state index contributed by atoms with van der Waals surface area (Å²) in [6, 6.07) is 8.32. The third-order valence-corrected chi connectivity index (χ3v) is 4.66. The number of methoxy groups -OCH3 is 1. The maximum atomic E-state index is 11.9. The Labute approximate surface area is 157 Å². The molecule has 6 heteroatoms. The number of hydrogen-bond acceptors (Lipinski definition) is 3. The number of ether oxygens (including phenoxy) is 1. The van der Waals surface area contributed by atoms with E-state index in [9.17, 15) is 4.79 Å². The van der Waals surface area contributed by atoms with Gasteiger partial charge in [-0.1, -0.05) is 32.9 Å². The van der Waals surface area contributed by atoms with E-state index in [1.165, 1.54) is 5.56 Å². The first-order chi connectivity index (χ1) is 12.3. The monoisotopic (exact) mass is 360 g/mol. The number of hydrogen-bond donors (Lipinski definition) is 2. The molecule has 2 N–H and O–H groups in total. The molecule has 1 unspecified atom stereocenters. The van der Waals surface area contributed by atoms with Crippen LogP contribution in [0.5, 0.6) is 5.75 Å². The van der Waals surface area contributed by atoms with Crippen LogP contribution in [0.1, 0.15) is 38.7 Å². The number of guanidine groups is 1. The molecule has 1 fully saturated rings. The van der Waals surface area contributed by atoms with Crippen LogP contribution in [0.3, 0.4) is 0 Å².